The second kappa shape index (κ2) is 8.39. The Kier molecular flexibility index (Phi) is 6.84. The van der Waals surface area contributed by atoms with Gasteiger partial charge in [0.25, 0.3) is 0 Å². The van der Waals surface area contributed by atoms with E-state index in [4.69, 9.17) is 4.74 Å². The Labute approximate surface area is 125 Å². The molecule has 7 nitrogen and oxygen atoms in total. The molecule has 0 saturated heterocycles. The van der Waals surface area contributed by atoms with Gasteiger partial charge in [0.2, 0.25) is 5.91 Å². The molecule has 0 aliphatic carbocycles. The van der Waals surface area contributed by atoms with Gasteiger partial charge in [0.15, 0.2) is 5.69 Å². The highest BCUT2D eigenvalue weighted by Crippen LogP contribution is 2.12. The van der Waals surface area contributed by atoms with Crippen LogP contribution in [-0.2, 0) is 9.53 Å². The quantitative estimate of drug-likeness (QED) is 0.582. The standard InChI is InChI=1S/C14H24N4O3/c1-5-7-8-9-15-13(19)11(4)18-10(3)12(16-17-18)14(20)21-6-2/h11H,5-9H2,1-4H3,(H,15,19). The van der Waals surface area contributed by atoms with Crippen molar-refractivity contribution in [1.82, 2.24) is 20.3 Å². The van der Waals surface area contributed by atoms with Crippen molar-refractivity contribution in [3.8, 4) is 0 Å². The number of ether oxygens (including phenoxy) is 1. The molecular formula is C14H24N4O3. The summed E-state index contributed by atoms with van der Waals surface area (Å²) >= 11 is 0. The minimum atomic E-state index is -0.517. The second-order valence-electron chi connectivity index (χ2n) is 4.86. The Morgan fingerprint density at radius 3 is 2.67 bits per heavy atom. The van der Waals surface area contributed by atoms with Gasteiger partial charge in [-0.1, -0.05) is 25.0 Å². The third-order valence-corrected chi connectivity index (χ3v) is 3.22. The van der Waals surface area contributed by atoms with Gasteiger partial charge in [-0.2, -0.15) is 0 Å². The van der Waals surface area contributed by atoms with Crippen LogP contribution in [0.15, 0.2) is 0 Å². The predicted octanol–water partition coefficient (Wildman–Crippen LogP) is 1.63. The number of aromatic nitrogens is 3. The topological polar surface area (TPSA) is 86.1 Å². The van der Waals surface area contributed by atoms with Crippen molar-refractivity contribution in [2.45, 2.75) is 53.0 Å². The number of unbranched alkanes of at least 4 members (excludes halogenated alkanes) is 2. The Morgan fingerprint density at radius 1 is 1.33 bits per heavy atom. The van der Waals surface area contributed by atoms with Crippen molar-refractivity contribution in [1.29, 1.82) is 0 Å². The summed E-state index contributed by atoms with van der Waals surface area (Å²) in [5.41, 5.74) is 0.687. The molecule has 0 spiro atoms. The van der Waals surface area contributed by atoms with Gasteiger partial charge in [0.05, 0.1) is 12.3 Å². The maximum absolute atomic E-state index is 12.0. The van der Waals surface area contributed by atoms with Crippen LogP contribution in [0, 0.1) is 6.92 Å². The van der Waals surface area contributed by atoms with E-state index in [0.29, 0.717) is 12.2 Å². The molecule has 7 heteroatoms. The van der Waals surface area contributed by atoms with E-state index < -0.39 is 12.0 Å². The summed E-state index contributed by atoms with van der Waals surface area (Å²) in [6.45, 7) is 8.19. The van der Waals surface area contributed by atoms with Crippen molar-refractivity contribution in [3.05, 3.63) is 11.4 Å². The number of nitrogens with zero attached hydrogens (tertiary/aromatic N) is 3. The molecule has 0 fully saturated rings. The summed E-state index contributed by atoms with van der Waals surface area (Å²) in [6.07, 6.45) is 3.15. The molecule has 1 aromatic heterocycles. The molecule has 0 saturated carbocycles. The molecule has 1 amide bonds. The van der Waals surface area contributed by atoms with Crippen LogP contribution in [0.4, 0.5) is 0 Å². The lowest BCUT2D eigenvalue weighted by Crippen LogP contribution is -2.32. The van der Waals surface area contributed by atoms with Crippen molar-refractivity contribution >= 4 is 11.9 Å². The summed E-state index contributed by atoms with van der Waals surface area (Å²) < 4.78 is 6.34. The number of hydrogen-bond donors (Lipinski definition) is 1. The first-order valence-electron chi connectivity index (χ1n) is 7.39. The molecule has 0 aliphatic rings. The molecule has 0 aliphatic heterocycles. The summed E-state index contributed by atoms with van der Waals surface area (Å²) in [5.74, 6) is -0.647. The molecule has 1 rings (SSSR count). The number of amides is 1. The molecule has 1 atom stereocenters. The number of carbonyl (C=O) groups is 2. The van der Waals surface area contributed by atoms with Crippen LogP contribution in [0.1, 0.15) is 62.3 Å². The van der Waals surface area contributed by atoms with Gasteiger partial charge in [-0.15, -0.1) is 5.10 Å². The lowest BCUT2D eigenvalue weighted by molar-refractivity contribution is -0.124. The van der Waals surface area contributed by atoms with Crippen molar-refractivity contribution in [2.75, 3.05) is 13.2 Å². The van der Waals surface area contributed by atoms with Gasteiger partial charge >= 0.3 is 5.97 Å². The van der Waals surface area contributed by atoms with E-state index >= 15 is 0 Å². The van der Waals surface area contributed by atoms with Gasteiger partial charge in [-0.05, 0) is 27.2 Å². The monoisotopic (exact) mass is 296 g/mol. The lowest BCUT2D eigenvalue weighted by atomic mass is 10.2. The number of rotatable bonds is 8. The summed E-state index contributed by atoms with van der Waals surface area (Å²) in [5, 5.41) is 10.6. The molecule has 0 bridgehead atoms. The first-order valence-corrected chi connectivity index (χ1v) is 7.39. The van der Waals surface area contributed by atoms with Gasteiger partial charge < -0.3 is 10.1 Å². The molecule has 1 heterocycles. The molecule has 0 aromatic carbocycles. The van der Waals surface area contributed by atoms with Crippen molar-refractivity contribution in [3.63, 3.8) is 0 Å². The normalized spacial score (nSPS) is 12.0. The fourth-order valence-electron chi connectivity index (χ4n) is 1.94. The minimum Gasteiger partial charge on any atom is -0.461 e. The summed E-state index contributed by atoms with van der Waals surface area (Å²) in [4.78, 5) is 23.7. The molecule has 21 heavy (non-hydrogen) atoms. The smallest absolute Gasteiger partial charge is 0.360 e. The van der Waals surface area contributed by atoms with E-state index in [-0.39, 0.29) is 18.2 Å². The molecule has 1 unspecified atom stereocenters. The first kappa shape index (κ1) is 17.1. The number of esters is 1. The highest BCUT2D eigenvalue weighted by Gasteiger charge is 2.23. The van der Waals surface area contributed by atoms with Crippen LogP contribution in [0.3, 0.4) is 0 Å². The maximum Gasteiger partial charge on any atom is 0.360 e. The Morgan fingerprint density at radius 2 is 2.05 bits per heavy atom. The summed E-state index contributed by atoms with van der Waals surface area (Å²) in [7, 11) is 0. The highest BCUT2D eigenvalue weighted by molar-refractivity contribution is 5.88. The van der Waals surface area contributed by atoms with E-state index in [1.54, 1.807) is 20.8 Å². The zero-order valence-electron chi connectivity index (χ0n) is 13.2. The zero-order chi connectivity index (χ0) is 15.8. The minimum absolute atomic E-state index is 0.130. The van der Waals surface area contributed by atoms with Crippen LogP contribution in [0.2, 0.25) is 0 Å². The Bertz CT molecular complexity index is 485. The largest absolute Gasteiger partial charge is 0.461 e. The molecule has 1 aromatic rings. The molecular weight excluding hydrogens is 272 g/mol. The summed E-state index contributed by atoms with van der Waals surface area (Å²) in [6, 6.07) is -0.512. The third-order valence-electron chi connectivity index (χ3n) is 3.22. The zero-order valence-corrected chi connectivity index (χ0v) is 13.2. The van der Waals surface area contributed by atoms with Crippen molar-refractivity contribution in [2.24, 2.45) is 0 Å². The fraction of sp³-hybridized carbons (Fsp3) is 0.714. The Hall–Kier alpha value is -1.92. The van der Waals surface area contributed by atoms with Crippen LogP contribution in [0.5, 0.6) is 0 Å². The number of hydrogen-bond acceptors (Lipinski definition) is 5. The molecule has 1 N–H and O–H groups in total. The number of carbonyl (C=O) groups excluding carboxylic acids is 2. The predicted molar refractivity (Wildman–Crippen MR) is 78.0 cm³/mol. The average molecular weight is 296 g/mol. The number of nitrogens with one attached hydrogen (secondary N) is 1. The fourth-order valence-corrected chi connectivity index (χ4v) is 1.94. The van der Waals surface area contributed by atoms with E-state index in [2.05, 4.69) is 22.6 Å². The lowest BCUT2D eigenvalue weighted by Gasteiger charge is -2.13. The van der Waals surface area contributed by atoms with Crippen LogP contribution in [-0.4, -0.2) is 40.0 Å². The van der Waals surface area contributed by atoms with Gasteiger partial charge in [0.1, 0.15) is 6.04 Å². The molecule has 118 valence electrons. The van der Waals surface area contributed by atoms with Crippen molar-refractivity contribution < 1.29 is 14.3 Å². The van der Waals surface area contributed by atoms with E-state index in [1.807, 2.05) is 0 Å². The third kappa shape index (κ3) is 4.54. The molecule has 0 radical (unpaired) electrons. The van der Waals surface area contributed by atoms with Gasteiger partial charge in [0, 0.05) is 6.54 Å². The average Bonchev–Trinajstić information content (AvgIpc) is 2.84. The Balaban J connectivity index is 2.68. The van der Waals surface area contributed by atoms with Crippen LogP contribution >= 0.6 is 0 Å². The van der Waals surface area contributed by atoms with Gasteiger partial charge in [-0.25, -0.2) is 9.48 Å². The van der Waals surface area contributed by atoms with E-state index in [9.17, 15) is 9.59 Å². The van der Waals surface area contributed by atoms with Gasteiger partial charge in [-0.3, -0.25) is 4.79 Å². The van der Waals surface area contributed by atoms with Crippen LogP contribution in [0.25, 0.3) is 0 Å². The highest BCUT2D eigenvalue weighted by atomic mass is 16.5. The maximum atomic E-state index is 12.0. The van der Waals surface area contributed by atoms with Crippen LogP contribution < -0.4 is 5.32 Å². The first-order chi connectivity index (χ1) is 10.0. The van der Waals surface area contributed by atoms with E-state index in [1.165, 1.54) is 4.68 Å². The SMILES string of the molecule is CCCCCNC(=O)C(C)n1nnc(C(=O)OCC)c1C. The second-order valence-corrected chi connectivity index (χ2v) is 4.86. The van der Waals surface area contributed by atoms with E-state index in [0.717, 1.165) is 19.3 Å².